The van der Waals surface area contributed by atoms with Crippen molar-refractivity contribution in [3.63, 3.8) is 0 Å². The number of hydrogen-bond acceptors (Lipinski definition) is 6. The van der Waals surface area contributed by atoms with Gasteiger partial charge in [-0.1, -0.05) is 42.5 Å². The molecule has 0 saturated heterocycles. The monoisotopic (exact) mass is 385 g/mol. The highest BCUT2D eigenvalue weighted by atomic mass is 16.6. The van der Waals surface area contributed by atoms with Crippen LogP contribution in [0, 0.1) is 10.1 Å². The summed E-state index contributed by atoms with van der Waals surface area (Å²) < 4.78 is 5.08. The van der Waals surface area contributed by atoms with E-state index in [9.17, 15) is 24.5 Å². The molecule has 1 atom stereocenters. The number of amides is 2. The van der Waals surface area contributed by atoms with Gasteiger partial charge in [0.05, 0.1) is 17.8 Å². The van der Waals surface area contributed by atoms with Crippen LogP contribution in [0.1, 0.15) is 17.5 Å². The first-order valence-electron chi connectivity index (χ1n) is 8.36. The van der Waals surface area contributed by atoms with E-state index in [0.29, 0.717) is 5.56 Å². The second kappa shape index (κ2) is 9.81. The summed E-state index contributed by atoms with van der Waals surface area (Å²) >= 11 is 0. The van der Waals surface area contributed by atoms with Crippen LogP contribution in [-0.2, 0) is 32.1 Å². The maximum Gasteiger partial charge on any atom is 0.308 e. The fourth-order valence-electron chi connectivity index (χ4n) is 2.40. The molecule has 0 unspecified atom stereocenters. The topological polar surface area (TPSA) is 142 Å². The summed E-state index contributed by atoms with van der Waals surface area (Å²) in [5, 5.41) is 13.1. The lowest BCUT2D eigenvalue weighted by molar-refractivity contribution is -0.384. The highest BCUT2D eigenvalue weighted by Crippen LogP contribution is 2.13. The van der Waals surface area contributed by atoms with Crippen molar-refractivity contribution in [2.45, 2.75) is 25.5 Å². The van der Waals surface area contributed by atoms with Crippen LogP contribution in [-0.4, -0.2) is 28.7 Å². The van der Waals surface area contributed by atoms with Gasteiger partial charge in [0.25, 0.3) is 5.69 Å². The van der Waals surface area contributed by atoms with Gasteiger partial charge in [0.2, 0.25) is 11.8 Å². The van der Waals surface area contributed by atoms with E-state index in [1.807, 2.05) is 6.07 Å². The fourth-order valence-corrected chi connectivity index (χ4v) is 2.40. The Kier molecular flexibility index (Phi) is 7.21. The Bertz CT molecular complexity index is 869. The number of benzene rings is 2. The van der Waals surface area contributed by atoms with Gasteiger partial charge in [-0.15, -0.1) is 0 Å². The van der Waals surface area contributed by atoms with Gasteiger partial charge in [-0.3, -0.25) is 24.5 Å². The van der Waals surface area contributed by atoms with Gasteiger partial charge in [0.15, 0.2) is 0 Å². The van der Waals surface area contributed by atoms with E-state index in [4.69, 9.17) is 10.5 Å². The Labute approximate surface area is 160 Å². The number of nitro groups is 1. The molecule has 0 bridgehead atoms. The molecule has 0 spiro atoms. The molecular weight excluding hydrogens is 366 g/mol. The molecule has 9 heteroatoms. The van der Waals surface area contributed by atoms with Crippen LogP contribution in [0.2, 0.25) is 0 Å². The Morgan fingerprint density at radius 3 is 2.39 bits per heavy atom. The lowest BCUT2D eigenvalue weighted by Gasteiger charge is -2.15. The number of non-ortho nitro benzene ring substituents is 1. The van der Waals surface area contributed by atoms with Crippen LogP contribution in [0.25, 0.3) is 0 Å². The Balaban J connectivity index is 1.90. The molecule has 9 nitrogen and oxygen atoms in total. The van der Waals surface area contributed by atoms with Crippen LogP contribution in [0.5, 0.6) is 0 Å². The molecular formula is C19H19N3O6. The van der Waals surface area contributed by atoms with E-state index >= 15 is 0 Å². The predicted octanol–water partition coefficient (Wildman–Crippen LogP) is 1.24. The van der Waals surface area contributed by atoms with Crippen LogP contribution < -0.4 is 11.1 Å². The minimum atomic E-state index is -1.24. The molecule has 0 aliphatic heterocycles. The third kappa shape index (κ3) is 6.52. The number of carbonyl (C=O) groups is 3. The highest BCUT2D eigenvalue weighted by Gasteiger charge is 2.23. The van der Waals surface area contributed by atoms with Gasteiger partial charge in [0, 0.05) is 12.1 Å². The van der Waals surface area contributed by atoms with E-state index in [0.717, 1.165) is 5.56 Å². The molecule has 0 aliphatic rings. The summed E-state index contributed by atoms with van der Waals surface area (Å²) in [5.41, 5.74) is 6.26. The predicted molar refractivity (Wildman–Crippen MR) is 98.8 cm³/mol. The zero-order chi connectivity index (χ0) is 20.5. The number of rotatable bonds is 9. The van der Waals surface area contributed by atoms with Gasteiger partial charge in [-0.25, -0.2) is 0 Å². The minimum Gasteiger partial charge on any atom is -0.461 e. The lowest BCUT2D eigenvalue weighted by Crippen LogP contribution is -2.46. The molecule has 0 aromatic heterocycles. The van der Waals surface area contributed by atoms with Gasteiger partial charge in [-0.05, 0) is 11.1 Å². The van der Waals surface area contributed by atoms with Crippen molar-refractivity contribution < 1.29 is 24.0 Å². The maximum absolute atomic E-state index is 12.1. The van der Waals surface area contributed by atoms with E-state index in [2.05, 4.69) is 5.32 Å². The highest BCUT2D eigenvalue weighted by molar-refractivity contribution is 5.90. The lowest BCUT2D eigenvalue weighted by atomic mass is 10.1. The number of ether oxygens (including phenoxy) is 1. The molecule has 28 heavy (non-hydrogen) atoms. The Hall–Kier alpha value is -3.75. The Morgan fingerprint density at radius 2 is 1.75 bits per heavy atom. The third-order valence-corrected chi connectivity index (χ3v) is 3.78. The number of carbonyl (C=O) groups excluding carboxylic acids is 3. The van der Waals surface area contributed by atoms with Crippen molar-refractivity contribution in [3.8, 4) is 0 Å². The molecule has 0 aliphatic carbocycles. The van der Waals surface area contributed by atoms with Crippen molar-refractivity contribution in [1.29, 1.82) is 0 Å². The van der Waals surface area contributed by atoms with Crippen LogP contribution >= 0.6 is 0 Å². The number of nitrogens with one attached hydrogen (secondary N) is 1. The quantitative estimate of drug-likeness (QED) is 0.378. The molecule has 146 valence electrons. The summed E-state index contributed by atoms with van der Waals surface area (Å²) in [5.74, 6) is -2.17. The van der Waals surface area contributed by atoms with Gasteiger partial charge >= 0.3 is 5.97 Å². The summed E-state index contributed by atoms with van der Waals surface area (Å²) in [7, 11) is 0. The van der Waals surface area contributed by atoms with Crippen LogP contribution in [0.3, 0.4) is 0 Å². The van der Waals surface area contributed by atoms with Gasteiger partial charge < -0.3 is 15.8 Å². The summed E-state index contributed by atoms with van der Waals surface area (Å²) in [4.78, 5) is 45.8. The number of esters is 1. The first-order chi connectivity index (χ1) is 13.3. The second-order valence-electron chi connectivity index (χ2n) is 5.98. The average molecular weight is 385 g/mol. The zero-order valence-electron chi connectivity index (χ0n) is 14.9. The molecule has 0 fully saturated rings. The molecule has 0 heterocycles. The van der Waals surface area contributed by atoms with Crippen LogP contribution in [0.15, 0.2) is 54.6 Å². The largest absolute Gasteiger partial charge is 0.461 e. The van der Waals surface area contributed by atoms with E-state index < -0.39 is 35.2 Å². The number of primary amides is 1. The van der Waals surface area contributed by atoms with Crippen molar-refractivity contribution in [1.82, 2.24) is 5.32 Å². The van der Waals surface area contributed by atoms with Crippen molar-refractivity contribution in [2.24, 2.45) is 5.73 Å². The van der Waals surface area contributed by atoms with Gasteiger partial charge in [0.1, 0.15) is 12.6 Å². The first kappa shape index (κ1) is 20.6. The molecule has 2 rings (SSSR count). The van der Waals surface area contributed by atoms with Crippen molar-refractivity contribution in [3.05, 3.63) is 75.8 Å². The molecule has 0 saturated carbocycles. The molecule has 2 amide bonds. The van der Waals surface area contributed by atoms with E-state index in [1.165, 1.54) is 18.2 Å². The zero-order valence-corrected chi connectivity index (χ0v) is 14.9. The Morgan fingerprint density at radius 1 is 1.07 bits per heavy atom. The van der Waals surface area contributed by atoms with Crippen molar-refractivity contribution >= 4 is 23.5 Å². The number of nitro benzene ring substituents is 1. The fraction of sp³-hybridized carbons (Fsp3) is 0.211. The molecule has 3 N–H and O–H groups in total. The summed E-state index contributed by atoms with van der Waals surface area (Å²) in [6, 6.07) is 13.3. The number of nitrogens with two attached hydrogens (primary N) is 1. The molecule has 0 radical (unpaired) electrons. The summed E-state index contributed by atoms with van der Waals surface area (Å²) in [6.07, 6.45) is -0.618. The number of nitrogens with zero attached hydrogens (tertiary/aromatic N) is 1. The standard InChI is InChI=1S/C19H19N3O6/c20-19(25)16(11-18(24)28-12-13-5-2-1-3-6-13)21-17(23)10-14-7-4-8-15(9-14)22(26)27/h1-9,16H,10-12H2,(H2,20,25)(H,21,23)/t16-/m1/s1. The maximum atomic E-state index is 12.1. The second-order valence-corrected chi connectivity index (χ2v) is 5.98. The van der Waals surface area contributed by atoms with E-state index in [1.54, 1.807) is 30.3 Å². The van der Waals surface area contributed by atoms with Crippen molar-refractivity contribution in [2.75, 3.05) is 0 Å². The van der Waals surface area contributed by atoms with Gasteiger partial charge in [-0.2, -0.15) is 0 Å². The minimum absolute atomic E-state index is 0.0345. The molecule has 2 aromatic carbocycles. The summed E-state index contributed by atoms with van der Waals surface area (Å²) in [6.45, 7) is 0.0345. The third-order valence-electron chi connectivity index (χ3n) is 3.78. The van der Waals surface area contributed by atoms with E-state index in [-0.39, 0.29) is 18.7 Å². The SMILES string of the molecule is NC(=O)[C@@H](CC(=O)OCc1ccccc1)NC(=O)Cc1cccc([N+](=O)[O-])c1. The van der Waals surface area contributed by atoms with Crippen LogP contribution in [0.4, 0.5) is 5.69 Å². The normalized spacial score (nSPS) is 11.3. The average Bonchev–Trinajstić information content (AvgIpc) is 2.66. The smallest absolute Gasteiger partial charge is 0.308 e. The first-order valence-corrected chi connectivity index (χ1v) is 8.36. The molecule has 2 aromatic rings. The number of hydrogen-bond donors (Lipinski definition) is 2.